The predicted molar refractivity (Wildman–Crippen MR) is 62.3 cm³/mol. The standard InChI is InChI=1S/C12H11NOS/c1-8(2)14-11-5-9-3-4-15-12(9)10(6-11)7-13/h3-6,8H,1-2H3. The fraction of sp³-hybridized carbons (Fsp3) is 0.250. The van der Waals surface area contributed by atoms with Crippen molar-refractivity contribution in [3.05, 3.63) is 29.1 Å². The lowest BCUT2D eigenvalue weighted by Crippen LogP contribution is -2.05. The van der Waals surface area contributed by atoms with Crippen molar-refractivity contribution in [2.24, 2.45) is 0 Å². The lowest BCUT2D eigenvalue weighted by molar-refractivity contribution is 0.242. The number of thiophene rings is 1. The van der Waals surface area contributed by atoms with Crippen molar-refractivity contribution in [3.8, 4) is 11.8 Å². The molecule has 0 aliphatic heterocycles. The average Bonchev–Trinajstić information content (AvgIpc) is 2.63. The molecule has 0 fully saturated rings. The predicted octanol–water partition coefficient (Wildman–Crippen LogP) is 3.56. The van der Waals surface area contributed by atoms with Gasteiger partial charge in [-0.3, -0.25) is 0 Å². The van der Waals surface area contributed by atoms with E-state index in [0.29, 0.717) is 5.56 Å². The van der Waals surface area contributed by atoms with E-state index in [9.17, 15) is 0 Å². The second-order valence-electron chi connectivity index (χ2n) is 3.59. The van der Waals surface area contributed by atoms with Gasteiger partial charge in [-0.15, -0.1) is 11.3 Å². The summed E-state index contributed by atoms with van der Waals surface area (Å²) in [4.78, 5) is 0. The molecule has 0 amide bonds. The largest absolute Gasteiger partial charge is 0.491 e. The molecule has 76 valence electrons. The van der Waals surface area contributed by atoms with E-state index in [1.807, 2.05) is 31.4 Å². The molecule has 1 heterocycles. The van der Waals surface area contributed by atoms with Crippen LogP contribution in [0, 0.1) is 11.3 Å². The average molecular weight is 217 g/mol. The normalized spacial score (nSPS) is 10.5. The van der Waals surface area contributed by atoms with E-state index in [1.54, 1.807) is 17.4 Å². The molecule has 3 heteroatoms. The monoisotopic (exact) mass is 217 g/mol. The Balaban J connectivity index is 2.55. The molecule has 0 aliphatic carbocycles. The van der Waals surface area contributed by atoms with Crippen LogP contribution in [0.4, 0.5) is 0 Å². The van der Waals surface area contributed by atoms with Gasteiger partial charge in [0.1, 0.15) is 11.8 Å². The highest BCUT2D eigenvalue weighted by molar-refractivity contribution is 7.17. The molecule has 0 saturated carbocycles. The van der Waals surface area contributed by atoms with Gasteiger partial charge in [0.15, 0.2) is 0 Å². The highest BCUT2D eigenvalue weighted by Crippen LogP contribution is 2.29. The molecule has 1 aromatic heterocycles. The summed E-state index contributed by atoms with van der Waals surface area (Å²) in [5, 5.41) is 12.1. The summed E-state index contributed by atoms with van der Waals surface area (Å²) in [7, 11) is 0. The van der Waals surface area contributed by atoms with Gasteiger partial charge in [-0.1, -0.05) is 0 Å². The van der Waals surface area contributed by atoms with E-state index in [-0.39, 0.29) is 6.10 Å². The Bertz CT molecular complexity index is 522. The molecule has 0 saturated heterocycles. The fourth-order valence-electron chi connectivity index (χ4n) is 1.48. The smallest absolute Gasteiger partial charge is 0.121 e. The van der Waals surface area contributed by atoms with E-state index in [0.717, 1.165) is 15.8 Å². The molecule has 0 unspecified atom stereocenters. The third kappa shape index (κ3) is 1.95. The topological polar surface area (TPSA) is 33.0 Å². The second-order valence-corrected chi connectivity index (χ2v) is 4.50. The van der Waals surface area contributed by atoms with E-state index in [1.165, 1.54) is 0 Å². The Morgan fingerprint density at radius 1 is 1.40 bits per heavy atom. The second kappa shape index (κ2) is 3.92. The van der Waals surface area contributed by atoms with E-state index < -0.39 is 0 Å². The molecule has 15 heavy (non-hydrogen) atoms. The number of hydrogen-bond acceptors (Lipinski definition) is 3. The number of fused-ring (bicyclic) bond motifs is 1. The Labute approximate surface area is 92.7 Å². The summed E-state index contributed by atoms with van der Waals surface area (Å²) >= 11 is 1.59. The summed E-state index contributed by atoms with van der Waals surface area (Å²) in [6, 6.07) is 7.99. The number of ether oxygens (including phenoxy) is 1. The molecule has 2 rings (SSSR count). The van der Waals surface area contributed by atoms with Crippen molar-refractivity contribution in [2.75, 3.05) is 0 Å². The highest BCUT2D eigenvalue weighted by atomic mass is 32.1. The zero-order valence-electron chi connectivity index (χ0n) is 8.65. The molecule has 0 atom stereocenters. The van der Waals surface area contributed by atoms with Crippen LogP contribution in [0.15, 0.2) is 23.6 Å². The van der Waals surface area contributed by atoms with Crippen molar-refractivity contribution < 1.29 is 4.74 Å². The van der Waals surface area contributed by atoms with E-state index in [4.69, 9.17) is 10.00 Å². The van der Waals surface area contributed by atoms with Crippen molar-refractivity contribution in [3.63, 3.8) is 0 Å². The third-order valence-electron chi connectivity index (χ3n) is 2.02. The van der Waals surface area contributed by atoms with Crippen LogP contribution in [0.3, 0.4) is 0 Å². The minimum Gasteiger partial charge on any atom is -0.491 e. The Kier molecular flexibility index (Phi) is 2.61. The van der Waals surface area contributed by atoms with Crippen LogP contribution >= 0.6 is 11.3 Å². The molecule has 0 aliphatic rings. The van der Waals surface area contributed by atoms with Crippen LogP contribution in [-0.2, 0) is 0 Å². The first-order valence-electron chi connectivity index (χ1n) is 4.78. The number of benzene rings is 1. The molecular formula is C12H11NOS. The fourth-order valence-corrected chi connectivity index (χ4v) is 2.32. The first kappa shape index (κ1) is 10.0. The molecule has 0 bridgehead atoms. The first-order valence-corrected chi connectivity index (χ1v) is 5.66. The van der Waals surface area contributed by atoms with Gasteiger partial charge in [0, 0.05) is 0 Å². The van der Waals surface area contributed by atoms with Gasteiger partial charge in [-0.05, 0) is 42.8 Å². The number of rotatable bonds is 2. The Hall–Kier alpha value is -1.53. The highest BCUT2D eigenvalue weighted by Gasteiger charge is 2.06. The van der Waals surface area contributed by atoms with Crippen molar-refractivity contribution >= 4 is 21.4 Å². The van der Waals surface area contributed by atoms with Crippen LogP contribution in [-0.4, -0.2) is 6.10 Å². The Morgan fingerprint density at radius 2 is 2.20 bits per heavy atom. The number of hydrogen-bond donors (Lipinski definition) is 0. The van der Waals surface area contributed by atoms with Crippen LogP contribution < -0.4 is 4.74 Å². The van der Waals surface area contributed by atoms with Gasteiger partial charge in [0.05, 0.1) is 16.4 Å². The SMILES string of the molecule is CC(C)Oc1cc(C#N)c2sccc2c1. The lowest BCUT2D eigenvalue weighted by atomic mass is 10.1. The van der Waals surface area contributed by atoms with Crippen LogP contribution in [0.5, 0.6) is 5.75 Å². The summed E-state index contributed by atoms with van der Waals surface area (Å²) < 4.78 is 6.62. The molecule has 2 aromatic rings. The van der Waals surface area contributed by atoms with Gasteiger partial charge in [0.25, 0.3) is 0 Å². The first-order chi connectivity index (χ1) is 7.20. The maximum Gasteiger partial charge on any atom is 0.121 e. The molecular weight excluding hydrogens is 206 g/mol. The van der Waals surface area contributed by atoms with Gasteiger partial charge in [-0.2, -0.15) is 5.26 Å². The van der Waals surface area contributed by atoms with Gasteiger partial charge in [0.2, 0.25) is 0 Å². The molecule has 0 N–H and O–H groups in total. The van der Waals surface area contributed by atoms with Crippen molar-refractivity contribution in [1.82, 2.24) is 0 Å². The van der Waals surface area contributed by atoms with Gasteiger partial charge in [-0.25, -0.2) is 0 Å². The Morgan fingerprint density at radius 3 is 2.87 bits per heavy atom. The van der Waals surface area contributed by atoms with Crippen molar-refractivity contribution in [1.29, 1.82) is 5.26 Å². The maximum atomic E-state index is 9.01. The minimum atomic E-state index is 0.132. The summed E-state index contributed by atoms with van der Waals surface area (Å²) in [6.07, 6.45) is 0.132. The molecule has 2 nitrogen and oxygen atoms in total. The van der Waals surface area contributed by atoms with E-state index >= 15 is 0 Å². The molecule has 0 radical (unpaired) electrons. The molecule has 0 spiro atoms. The van der Waals surface area contributed by atoms with Crippen LogP contribution in [0.2, 0.25) is 0 Å². The minimum absolute atomic E-state index is 0.132. The van der Waals surface area contributed by atoms with E-state index in [2.05, 4.69) is 6.07 Å². The van der Waals surface area contributed by atoms with Crippen LogP contribution in [0.1, 0.15) is 19.4 Å². The van der Waals surface area contributed by atoms with Crippen LogP contribution in [0.25, 0.3) is 10.1 Å². The van der Waals surface area contributed by atoms with Gasteiger partial charge >= 0.3 is 0 Å². The van der Waals surface area contributed by atoms with Gasteiger partial charge < -0.3 is 4.74 Å². The number of nitriles is 1. The summed E-state index contributed by atoms with van der Waals surface area (Å²) in [6.45, 7) is 3.95. The molecule has 1 aromatic carbocycles. The zero-order chi connectivity index (χ0) is 10.8. The maximum absolute atomic E-state index is 9.01. The summed E-state index contributed by atoms with van der Waals surface area (Å²) in [5.41, 5.74) is 0.693. The summed E-state index contributed by atoms with van der Waals surface area (Å²) in [5.74, 6) is 0.771. The number of nitrogens with zero attached hydrogens (tertiary/aromatic N) is 1. The lowest BCUT2D eigenvalue weighted by Gasteiger charge is -2.09. The quantitative estimate of drug-likeness (QED) is 0.770. The van der Waals surface area contributed by atoms with Crippen molar-refractivity contribution in [2.45, 2.75) is 20.0 Å². The zero-order valence-corrected chi connectivity index (χ0v) is 9.47. The third-order valence-corrected chi connectivity index (χ3v) is 2.98.